The van der Waals surface area contributed by atoms with Crippen LogP contribution in [-0.2, 0) is 6.54 Å². The first-order valence-electron chi connectivity index (χ1n) is 10.1. The highest BCUT2D eigenvalue weighted by molar-refractivity contribution is 6.06. The van der Waals surface area contributed by atoms with E-state index in [0.717, 1.165) is 0 Å². The number of nitrogens with zero attached hydrogens (tertiary/aromatic N) is 4. The lowest BCUT2D eigenvalue weighted by atomic mass is 10.1. The van der Waals surface area contributed by atoms with Gasteiger partial charge in [-0.05, 0) is 56.3 Å². The Morgan fingerprint density at radius 2 is 1.88 bits per heavy atom. The summed E-state index contributed by atoms with van der Waals surface area (Å²) in [5.74, 6) is 1.72. The van der Waals surface area contributed by atoms with E-state index in [-0.39, 0.29) is 23.8 Å². The lowest BCUT2D eigenvalue weighted by Crippen LogP contribution is -2.31. The summed E-state index contributed by atoms with van der Waals surface area (Å²) in [5, 5.41) is 2.94. The number of aromatic nitrogens is 4. The Hall–Kier alpha value is -4.14. The van der Waals surface area contributed by atoms with Crippen molar-refractivity contribution in [2.24, 2.45) is 0 Å². The molecule has 0 spiro atoms. The lowest BCUT2D eigenvalue weighted by molar-refractivity contribution is 0.0984. The van der Waals surface area contributed by atoms with Gasteiger partial charge in [-0.3, -0.25) is 14.7 Å². The largest absolute Gasteiger partial charge is 0.497 e. The van der Waals surface area contributed by atoms with Crippen LogP contribution >= 0.6 is 0 Å². The van der Waals surface area contributed by atoms with E-state index >= 15 is 0 Å². The first-order chi connectivity index (χ1) is 15.5. The number of H-pyrrole nitrogens is 1. The van der Waals surface area contributed by atoms with E-state index in [4.69, 9.17) is 9.47 Å². The number of carbonyl (C=O) groups is 1. The van der Waals surface area contributed by atoms with Crippen molar-refractivity contribution in [1.29, 1.82) is 0 Å². The number of aryl methyl sites for hydroxylation is 1. The van der Waals surface area contributed by atoms with Gasteiger partial charge in [0.15, 0.2) is 0 Å². The summed E-state index contributed by atoms with van der Waals surface area (Å²) >= 11 is 0. The van der Waals surface area contributed by atoms with Gasteiger partial charge in [0.05, 0.1) is 20.3 Å². The number of hydrogen-bond acceptors (Lipinski definition) is 6. The Morgan fingerprint density at radius 3 is 2.59 bits per heavy atom. The zero-order valence-corrected chi connectivity index (χ0v) is 18.0. The van der Waals surface area contributed by atoms with Crippen molar-refractivity contribution in [2.45, 2.75) is 20.4 Å². The molecule has 1 N–H and O–H groups in total. The van der Waals surface area contributed by atoms with Gasteiger partial charge in [0.2, 0.25) is 0 Å². The molecule has 164 valence electrons. The average Bonchev–Trinajstić information content (AvgIpc) is 3.21. The number of benzene rings is 2. The van der Waals surface area contributed by atoms with Crippen LogP contribution in [0.15, 0.2) is 59.4 Å². The lowest BCUT2D eigenvalue weighted by Gasteiger charge is -2.22. The van der Waals surface area contributed by atoms with Crippen molar-refractivity contribution < 1.29 is 14.3 Å². The highest BCUT2D eigenvalue weighted by Gasteiger charge is 2.21. The van der Waals surface area contributed by atoms with Crippen LogP contribution in [-0.4, -0.2) is 39.2 Å². The molecular formula is C23H23N5O4. The number of carbonyl (C=O) groups excluding carboxylic acids is 1. The summed E-state index contributed by atoms with van der Waals surface area (Å²) in [5.41, 5.74) is 1.42. The number of anilines is 1. The van der Waals surface area contributed by atoms with E-state index in [9.17, 15) is 9.59 Å². The molecule has 2 heterocycles. The molecule has 9 nitrogen and oxygen atoms in total. The zero-order chi connectivity index (χ0) is 22.7. The summed E-state index contributed by atoms with van der Waals surface area (Å²) in [6.07, 6.45) is 0. The molecule has 0 fully saturated rings. The number of amides is 1. The summed E-state index contributed by atoms with van der Waals surface area (Å²) in [6.45, 7) is 4.29. The summed E-state index contributed by atoms with van der Waals surface area (Å²) in [4.78, 5) is 36.0. The SMILES string of the molecule is CCOc1ccc(N(Cc2nc3nc(C)cc(=O)n3[nH]2)C(=O)c2cccc(OC)c2)cc1. The van der Waals surface area contributed by atoms with Gasteiger partial charge in [-0.25, -0.2) is 4.98 Å². The fraction of sp³-hybridized carbons (Fsp3) is 0.217. The maximum absolute atomic E-state index is 13.5. The molecule has 0 radical (unpaired) electrons. The Balaban J connectivity index is 1.73. The average molecular weight is 433 g/mol. The summed E-state index contributed by atoms with van der Waals surface area (Å²) in [6, 6.07) is 15.6. The molecule has 0 unspecified atom stereocenters. The molecule has 0 saturated heterocycles. The Morgan fingerprint density at radius 1 is 1.09 bits per heavy atom. The van der Waals surface area contributed by atoms with Gasteiger partial charge < -0.3 is 14.4 Å². The molecule has 9 heteroatoms. The fourth-order valence-electron chi connectivity index (χ4n) is 3.34. The van der Waals surface area contributed by atoms with Gasteiger partial charge in [-0.2, -0.15) is 9.50 Å². The second-order valence-electron chi connectivity index (χ2n) is 7.09. The van der Waals surface area contributed by atoms with Crippen LogP contribution in [0.1, 0.15) is 28.8 Å². The molecule has 0 aliphatic rings. The highest BCUT2D eigenvalue weighted by atomic mass is 16.5. The van der Waals surface area contributed by atoms with Crippen LogP contribution in [0.2, 0.25) is 0 Å². The zero-order valence-electron chi connectivity index (χ0n) is 18.0. The molecular weight excluding hydrogens is 410 g/mol. The molecule has 4 aromatic rings. The number of fused-ring (bicyclic) bond motifs is 1. The van der Waals surface area contributed by atoms with Crippen molar-refractivity contribution in [3.63, 3.8) is 0 Å². The summed E-state index contributed by atoms with van der Waals surface area (Å²) in [7, 11) is 1.55. The van der Waals surface area contributed by atoms with Gasteiger partial charge in [-0.15, -0.1) is 0 Å². The van der Waals surface area contributed by atoms with E-state index in [2.05, 4.69) is 15.1 Å². The van der Waals surface area contributed by atoms with Crippen LogP contribution in [0.4, 0.5) is 5.69 Å². The number of nitrogens with one attached hydrogen (secondary N) is 1. The standard InChI is InChI=1S/C23H23N5O4/c1-4-32-18-10-8-17(9-11-18)27(22(30)16-6-5-7-19(13-16)31-3)14-20-25-23-24-15(2)12-21(29)28(23)26-20/h5-13H,4,14H2,1-3H3,(H,24,25,26). The molecule has 32 heavy (non-hydrogen) atoms. The van der Waals surface area contributed by atoms with E-state index in [1.54, 1.807) is 67.5 Å². The Kier molecular flexibility index (Phi) is 5.89. The van der Waals surface area contributed by atoms with Crippen LogP contribution in [0.5, 0.6) is 11.5 Å². The van der Waals surface area contributed by atoms with Crippen LogP contribution in [0, 0.1) is 6.92 Å². The first-order valence-corrected chi connectivity index (χ1v) is 10.1. The maximum atomic E-state index is 13.5. The quantitative estimate of drug-likeness (QED) is 0.481. The van der Waals surface area contributed by atoms with Crippen molar-refractivity contribution in [1.82, 2.24) is 19.6 Å². The normalized spacial score (nSPS) is 10.8. The molecule has 0 aliphatic heterocycles. The predicted octanol–water partition coefficient (Wildman–Crippen LogP) is 2.98. The Bertz CT molecular complexity index is 1310. The molecule has 4 rings (SSSR count). The predicted molar refractivity (Wildman–Crippen MR) is 119 cm³/mol. The summed E-state index contributed by atoms with van der Waals surface area (Å²) < 4.78 is 12.0. The molecule has 0 aliphatic carbocycles. The number of hydrogen-bond donors (Lipinski definition) is 1. The fourth-order valence-corrected chi connectivity index (χ4v) is 3.34. The van der Waals surface area contributed by atoms with E-state index in [1.165, 1.54) is 10.6 Å². The Labute approximate surface area is 184 Å². The number of rotatable bonds is 7. The molecule has 2 aromatic carbocycles. The van der Waals surface area contributed by atoms with Crippen molar-refractivity contribution in [3.05, 3.63) is 82.0 Å². The minimum absolute atomic E-state index is 0.103. The van der Waals surface area contributed by atoms with Crippen molar-refractivity contribution >= 4 is 17.4 Å². The van der Waals surface area contributed by atoms with Crippen LogP contribution in [0.25, 0.3) is 5.78 Å². The smallest absolute Gasteiger partial charge is 0.274 e. The van der Waals surface area contributed by atoms with Crippen molar-refractivity contribution in [3.8, 4) is 11.5 Å². The second-order valence-corrected chi connectivity index (χ2v) is 7.09. The molecule has 0 saturated carbocycles. The van der Waals surface area contributed by atoms with Gasteiger partial charge in [-0.1, -0.05) is 6.07 Å². The molecule has 2 aromatic heterocycles. The first kappa shape index (κ1) is 21.1. The monoisotopic (exact) mass is 433 g/mol. The number of methoxy groups -OCH3 is 1. The van der Waals surface area contributed by atoms with Gasteiger partial charge >= 0.3 is 0 Å². The van der Waals surface area contributed by atoms with E-state index < -0.39 is 0 Å². The topological polar surface area (TPSA) is 102 Å². The third-order valence-electron chi connectivity index (χ3n) is 4.83. The minimum atomic E-state index is -0.266. The number of ether oxygens (including phenoxy) is 2. The van der Waals surface area contributed by atoms with Crippen LogP contribution in [0.3, 0.4) is 0 Å². The molecule has 0 bridgehead atoms. The van der Waals surface area contributed by atoms with Gasteiger partial charge in [0.25, 0.3) is 17.2 Å². The minimum Gasteiger partial charge on any atom is -0.497 e. The molecule has 0 atom stereocenters. The third kappa shape index (κ3) is 4.31. The van der Waals surface area contributed by atoms with E-state index in [1.807, 2.05) is 6.92 Å². The maximum Gasteiger partial charge on any atom is 0.274 e. The number of aromatic amines is 1. The second kappa shape index (κ2) is 8.93. The third-order valence-corrected chi connectivity index (χ3v) is 4.83. The van der Waals surface area contributed by atoms with Gasteiger partial charge in [0, 0.05) is 23.0 Å². The van der Waals surface area contributed by atoms with Crippen LogP contribution < -0.4 is 19.9 Å². The van der Waals surface area contributed by atoms with Crippen molar-refractivity contribution in [2.75, 3.05) is 18.6 Å². The highest BCUT2D eigenvalue weighted by Crippen LogP contribution is 2.24. The molecule has 1 amide bonds. The van der Waals surface area contributed by atoms with E-state index in [0.29, 0.717) is 40.9 Å². The van der Waals surface area contributed by atoms with Gasteiger partial charge in [0.1, 0.15) is 17.3 Å².